The van der Waals surface area contributed by atoms with E-state index < -0.39 is 11.6 Å². The molecule has 0 aromatic heterocycles. The van der Waals surface area contributed by atoms with Gasteiger partial charge >= 0.3 is 0 Å². The van der Waals surface area contributed by atoms with Gasteiger partial charge in [-0.25, -0.2) is 13.8 Å². The predicted molar refractivity (Wildman–Crippen MR) is 112 cm³/mol. The molecular formula is C24H20F2N2O2. The number of ether oxygens (including phenoxy) is 1. The van der Waals surface area contributed by atoms with Gasteiger partial charge < -0.3 is 9.57 Å². The van der Waals surface area contributed by atoms with Crippen LogP contribution in [0, 0.1) is 18.6 Å². The van der Waals surface area contributed by atoms with E-state index in [1.54, 1.807) is 6.21 Å². The molecule has 0 bridgehead atoms. The van der Waals surface area contributed by atoms with Gasteiger partial charge in [-0.2, -0.15) is 0 Å². The lowest BCUT2D eigenvalue weighted by molar-refractivity contribution is 0.132. The maximum Gasteiger partial charge on any atom is 0.222 e. The van der Waals surface area contributed by atoms with Crippen LogP contribution in [0.2, 0.25) is 0 Å². The standard InChI is InChI=1S/C24H20F2N2O2/c1-16-5-2-3-6-19(16)13-27-30-14-17-9-11-18(12-10-17)22-15-29-24(28-22)23-20(25)7-4-8-21(23)26/h2-13,22H,14-15H2,1H3/b27-13+. The Hall–Kier alpha value is -3.54. The quantitative estimate of drug-likeness (QED) is 0.410. The molecule has 152 valence electrons. The number of aliphatic imine (C=N–C) groups is 1. The lowest BCUT2D eigenvalue weighted by Crippen LogP contribution is -2.07. The van der Waals surface area contributed by atoms with Crippen molar-refractivity contribution >= 4 is 12.1 Å². The molecule has 30 heavy (non-hydrogen) atoms. The van der Waals surface area contributed by atoms with Crippen LogP contribution in [0.3, 0.4) is 0 Å². The van der Waals surface area contributed by atoms with E-state index in [1.807, 2.05) is 55.5 Å². The van der Waals surface area contributed by atoms with Crippen molar-refractivity contribution in [2.45, 2.75) is 19.6 Å². The number of halogens is 2. The Balaban J connectivity index is 1.38. The van der Waals surface area contributed by atoms with Gasteiger partial charge in [-0.1, -0.05) is 59.8 Å². The third-order valence-corrected chi connectivity index (χ3v) is 4.88. The van der Waals surface area contributed by atoms with E-state index in [0.717, 1.165) is 22.3 Å². The van der Waals surface area contributed by atoms with Gasteiger partial charge in [0.15, 0.2) is 0 Å². The van der Waals surface area contributed by atoms with Crippen LogP contribution in [0.15, 0.2) is 76.9 Å². The Bertz CT molecular complexity index is 1070. The SMILES string of the molecule is Cc1ccccc1/C=N/OCc1ccc(C2COC(c3c(F)cccc3F)=N2)cc1. The monoisotopic (exact) mass is 406 g/mol. The minimum absolute atomic E-state index is 0.00597. The molecule has 4 rings (SSSR count). The van der Waals surface area contributed by atoms with Crippen molar-refractivity contribution in [1.29, 1.82) is 0 Å². The van der Waals surface area contributed by atoms with Crippen LogP contribution in [0.1, 0.15) is 33.9 Å². The van der Waals surface area contributed by atoms with Crippen LogP contribution in [0.25, 0.3) is 0 Å². The fraction of sp³-hybridized carbons (Fsp3) is 0.167. The first-order chi connectivity index (χ1) is 14.6. The molecule has 1 aliphatic rings. The Kier molecular flexibility index (Phi) is 5.84. The minimum Gasteiger partial charge on any atom is -0.475 e. The highest BCUT2D eigenvalue weighted by Gasteiger charge is 2.26. The van der Waals surface area contributed by atoms with Gasteiger partial charge in [0.1, 0.15) is 36.5 Å². The highest BCUT2D eigenvalue weighted by atomic mass is 19.1. The van der Waals surface area contributed by atoms with Crippen LogP contribution in [-0.2, 0) is 16.2 Å². The van der Waals surface area contributed by atoms with E-state index in [2.05, 4.69) is 10.1 Å². The molecule has 6 heteroatoms. The van der Waals surface area contributed by atoms with Crippen LogP contribution in [0.4, 0.5) is 8.78 Å². The Morgan fingerprint density at radius 2 is 1.77 bits per heavy atom. The van der Waals surface area contributed by atoms with Crippen LogP contribution in [0.5, 0.6) is 0 Å². The molecule has 0 saturated heterocycles. The molecule has 3 aromatic rings. The van der Waals surface area contributed by atoms with E-state index in [9.17, 15) is 8.78 Å². The van der Waals surface area contributed by atoms with Gasteiger partial charge in [0.2, 0.25) is 5.90 Å². The number of nitrogens with zero attached hydrogens (tertiary/aromatic N) is 2. The van der Waals surface area contributed by atoms with Crippen molar-refractivity contribution < 1.29 is 18.4 Å². The largest absolute Gasteiger partial charge is 0.475 e. The Morgan fingerprint density at radius 1 is 1.03 bits per heavy atom. The molecule has 1 atom stereocenters. The van der Waals surface area contributed by atoms with Crippen LogP contribution >= 0.6 is 0 Å². The topological polar surface area (TPSA) is 43.2 Å². The van der Waals surface area contributed by atoms with Crippen molar-refractivity contribution in [2.24, 2.45) is 10.1 Å². The average molecular weight is 406 g/mol. The van der Waals surface area contributed by atoms with Crippen molar-refractivity contribution in [3.8, 4) is 0 Å². The minimum atomic E-state index is -0.687. The summed E-state index contributed by atoms with van der Waals surface area (Å²) < 4.78 is 33.3. The first kappa shape index (κ1) is 19.8. The van der Waals surface area contributed by atoms with E-state index in [0.29, 0.717) is 6.61 Å². The third kappa shape index (κ3) is 4.38. The summed E-state index contributed by atoms with van der Waals surface area (Å²) in [5, 5.41) is 4.02. The molecule has 3 aromatic carbocycles. The van der Waals surface area contributed by atoms with E-state index in [1.165, 1.54) is 18.2 Å². The zero-order valence-electron chi connectivity index (χ0n) is 16.4. The van der Waals surface area contributed by atoms with Crippen LogP contribution in [-0.4, -0.2) is 18.7 Å². The first-order valence-electron chi connectivity index (χ1n) is 9.56. The van der Waals surface area contributed by atoms with Gasteiger partial charge in [-0.05, 0) is 41.3 Å². The fourth-order valence-corrected chi connectivity index (χ4v) is 3.16. The zero-order valence-corrected chi connectivity index (χ0v) is 16.4. The molecule has 0 spiro atoms. The molecular weight excluding hydrogens is 386 g/mol. The normalized spacial score (nSPS) is 15.8. The number of oxime groups is 1. The second-order valence-corrected chi connectivity index (χ2v) is 6.96. The molecule has 0 aliphatic carbocycles. The summed E-state index contributed by atoms with van der Waals surface area (Å²) >= 11 is 0. The average Bonchev–Trinajstić information content (AvgIpc) is 3.22. The summed E-state index contributed by atoms with van der Waals surface area (Å²) in [6, 6.07) is 18.9. The number of benzene rings is 3. The molecule has 0 saturated carbocycles. The summed E-state index contributed by atoms with van der Waals surface area (Å²) in [5.41, 5.74) is 3.76. The highest BCUT2D eigenvalue weighted by molar-refractivity contribution is 5.95. The number of aryl methyl sites for hydroxylation is 1. The van der Waals surface area contributed by atoms with Crippen molar-refractivity contribution in [3.63, 3.8) is 0 Å². The summed E-state index contributed by atoms with van der Waals surface area (Å²) in [6.45, 7) is 2.58. The fourth-order valence-electron chi connectivity index (χ4n) is 3.16. The van der Waals surface area contributed by atoms with E-state index >= 15 is 0 Å². The maximum absolute atomic E-state index is 13.9. The first-order valence-corrected chi connectivity index (χ1v) is 9.56. The summed E-state index contributed by atoms with van der Waals surface area (Å²) in [7, 11) is 0. The van der Waals surface area contributed by atoms with Gasteiger partial charge in [0.05, 0.1) is 6.21 Å². The molecule has 1 unspecified atom stereocenters. The number of hydrogen-bond donors (Lipinski definition) is 0. The van der Waals surface area contributed by atoms with Gasteiger partial charge in [0, 0.05) is 0 Å². The smallest absolute Gasteiger partial charge is 0.222 e. The third-order valence-electron chi connectivity index (χ3n) is 4.88. The van der Waals surface area contributed by atoms with Crippen molar-refractivity contribution in [1.82, 2.24) is 0 Å². The molecule has 1 heterocycles. The lowest BCUT2D eigenvalue weighted by Gasteiger charge is -2.06. The second kappa shape index (κ2) is 8.86. The molecule has 0 N–H and O–H groups in total. The van der Waals surface area contributed by atoms with Crippen LogP contribution < -0.4 is 0 Å². The summed E-state index contributed by atoms with van der Waals surface area (Å²) in [6.07, 6.45) is 1.69. The van der Waals surface area contributed by atoms with Gasteiger partial charge in [0.25, 0.3) is 0 Å². The van der Waals surface area contributed by atoms with E-state index in [4.69, 9.17) is 9.57 Å². The highest BCUT2D eigenvalue weighted by Crippen LogP contribution is 2.27. The van der Waals surface area contributed by atoms with E-state index in [-0.39, 0.29) is 24.1 Å². The lowest BCUT2D eigenvalue weighted by atomic mass is 10.1. The molecule has 4 nitrogen and oxygen atoms in total. The molecule has 0 amide bonds. The maximum atomic E-state index is 13.9. The molecule has 0 radical (unpaired) electrons. The molecule has 0 fully saturated rings. The van der Waals surface area contributed by atoms with Gasteiger partial charge in [-0.15, -0.1) is 0 Å². The van der Waals surface area contributed by atoms with Crippen molar-refractivity contribution in [2.75, 3.05) is 6.61 Å². The van der Waals surface area contributed by atoms with Crippen molar-refractivity contribution in [3.05, 3.63) is 106 Å². The summed E-state index contributed by atoms with van der Waals surface area (Å²) in [4.78, 5) is 9.74. The Morgan fingerprint density at radius 3 is 2.50 bits per heavy atom. The molecule has 1 aliphatic heterocycles. The number of rotatable bonds is 6. The predicted octanol–water partition coefficient (Wildman–Crippen LogP) is 5.34. The van der Waals surface area contributed by atoms with Gasteiger partial charge in [-0.3, -0.25) is 0 Å². The summed E-state index contributed by atoms with van der Waals surface area (Å²) in [5.74, 6) is -1.38. The zero-order chi connectivity index (χ0) is 20.9. The Labute approximate surface area is 173 Å². The number of hydrogen-bond acceptors (Lipinski definition) is 4. The second-order valence-electron chi connectivity index (χ2n) is 6.96.